The summed E-state index contributed by atoms with van der Waals surface area (Å²) in [5, 5.41) is 8.82. The summed E-state index contributed by atoms with van der Waals surface area (Å²) >= 11 is 0. The lowest BCUT2D eigenvalue weighted by Crippen LogP contribution is -2.49. The van der Waals surface area contributed by atoms with Crippen LogP contribution in [0.5, 0.6) is 0 Å². The SMILES string of the molecule is C=CCN(CC(=O)O)C(=O)N1CCCC1C(=O)OCC. The van der Waals surface area contributed by atoms with Crippen molar-refractivity contribution in [2.45, 2.75) is 25.8 Å². The molecule has 0 aromatic carbocycles. The summed E-state index contributed by atoms with van der Waals surface area (Å²) in [6, 6.07) is -1.09. The van der Waals surface area contributed by atoms with Gasteiger partial charge in [0.15, 0.2) is 0 Å². The number of carboxylic acid groups (broad SMARTS) is 1. The van der Waals surface area contributed by atoms with Crippen molar-refractivity contribution in [3.8, 4) is 0 Å². The Labute approximate surface area is 117 Å². The minimum Gasteiger partial charge on any atom is -0.480 e. The predicted molar refractivity (Wildman–Crippen MR) is 71.2 cm³/mol. The summed E-state index contributed by atoms with van der Waals surface area (Å²) in [6.45, 7) is 5.59. The number of carbonyl (C=O) groups is 3. The molecule has 1 rings (SSSR count). The van der Waals surface area contributed by atoms with Crippen LogP contribution in [0.4, 0.5) is 4.79 Å². The molecular formula is C13H20N2O5. The maximum Gasteiger partial charge on any atom is 0.328 e. The Hall–Kier alpha value is -2.05. The van der Waals surface area contributed by atoms with Crippen LogP contribution >= 0.6 is 0 Å². The van der Waals surface area contributed by atoms with Crippen LogP contribution in [-0.4, -0.2) is 65.2 Å². The predicted octanol–water partition coefficient (Wildman–Crippen LogP) is 0.706. The largest absolute Gasteiger partial charge is 0.480 e. The number of carbonyl (C=O) groups excluding carboxylic acids is 2. The summed E-state index contributed by atoms with van der Waals surface area (Å²) in [5.41, 5.74) is 0. The van der Waals surface area contributed by atoms with Crippen LogP contribution in [0.15, 0.2) is 12.7 Å². The van der Waals surface area contributed by atoms with Crippen molar-refractivity contribution in [3.63, 3.8) is 0 Å². The van der Waals surface area contributed by atoms with Gasteiger partial charge in [-0.1, -0.05) is 6.08 Å². The molecule has 0 aromatic rings. The first-order valence-electron chi connectivity index (χ1n) is 6.56. The Morgan fingerprint density at radius 2 is 2.20 bits per heavy atom. The molecular weight excluding hydrogens is 264 g/mol. The zero-order chi connectivity index (χ0) is 15.1. The van der Waals surface area contributed by atoms with E-state index in [0.29, 0.717) is 19.4 Å². The molecule has 0 aliphatic carbocycles. The molecule has 20 heavy (non-hydrogen) atoms. The van der Waals surface area contributed by atoms with Crippen molar-refractivity contribution in [2.24, 2.45) is 0 Å². The highest BCUT2D eigenvalue weighted by Gasteiger charge is 2.37. The van der Waals surface area contributed by atoms with Gasteiger partial charge < -0.3 is 19.6 Å². The molecule has 2 amide bonds. The van der Waals surface area contributed by atoms with E-state index in [1.165, 1.54) is 11.0 Å². The molecule has 1 aliphatic heterocycles. The standard InChI is InChI=1S/C13H20N2O5/c1-3-7-14(9-11(16)17)13(19)15-8-5-6-10(15)12(18)20-4-2/h3,10H,1,4-9H2,2H3,(H,16,17). The molecule has 0 radical (unpaired) electrons. The number of ether oxygens (including phenoxy) is 1. The Bertz CT molecular complexity index is 396. The lowest BCUT2D eigenvalue weighted by Gasteiger charge is -2.29. The molecule has 1 aliphatic rings. The number of nitrogens with zero attached hydrogens (tertiary/aromatic N) is 2. The lowest BCUT2D eigenvalue weighted by atomic mass is 10.2. The minimum absolute atomic E-state index is 0.122. The summed E-state index contributed by atoms with van der Waals surface area (Å²) in [4.78, 5) is 37.4. The van der Waals surface area contributed by atoms with Crippen LogP contribution in [0.3, 0.4) is 0 Å². The van der Waals surface area contributed by atoms with E-state index < -0.39 is 30.6 Å². The molecule has 112 valence electrons. The summed E-state index contributed by atoms with van der Waals surface area (Å²) in [5.74, 6) is -1.54. The molecule has 7 nitrogen and oxygen atoms in total. The van der Waals surface area contributed by atoms with Gasteiger partial charge in [-0.3, -0.25) is 4.79 Å². The highest BCUT2D eigenvalue weighted by Crippen LogP contribution is 2.20. The summed E-state index contributed by atoms with van der Waals surface area (Å²) < 4.78 is 4.94. The van der Waals surface area contributed by atoms with Crippen molar-refractivity contribution in [2.75, 3.05) is 26.2 Å². The van der Waals surface area contributed by atoms with Gasteiger partial charge in [-0.2, -0.15) is 0 Å². The van der Waals surface area contributed by atoms with E-state index >= 15 is 0 Å². The number of likely N-dealkylation sites (tertiary alicyclic amines) is 1. The molecule has 0 spiro atoms. The van der Waals surface area contributed by atoms with E-state index in [9.17, 15) is 14.4 Å². The first kappa shape index (κ1) is 16.0. The van der Waals surface area contributed by atoms with Crippen molar-refractivity contribution in [1.82, 2.24) is 9.80 Å². The second-order valence-electron chi connectivity index (χ2n) is 4.45. The molecule has 1 fully saturated rings. The number of urea groups is 1. The molecule has 7 heteroatoms. The summed E-state index contributed by atoms with van der Waals surface area (Å²) in [6.07, 6.45) is 2.69. The van der Waals surface area contributed by atoms with Gasteiger partial charge in [0.1, 0.15) is 12.6 Å². The van der Waals surface area contributed by atoms with Crippen molar-refractivity contribution in [1.29, 1.82) is 0 Å². The maximum atomic E-state index is 12.3. The molecule has 1 atom stereocenters. The van der Waals surface area contributed by atoms with E-state index in [1.807, 2.05) is 0 Å². The topological polar surface area (TPSA) is 87.2 Å². The molecule has 1 heterocycles. The van der Waals surface area contributed by atoms with Gasteiger partial charge in [-0.15, -0.1) is 6.58 Å². The van der Waals surface area contributed by atoms with Crippen molar-refractivity contribution in [3.05, 3.63) is 12.7 Å². The fraction of sp³-hybridized carbons (Fsp3) is 0.615. The first-order chi connectivity index (χ1) is 9.51. The van der Waals surface area contributed by atoms with Crippen molar-refractivity contribution < 1.29 is 24.2 Å². The van der Waals surface area contributed by atoms with Gasteiger partial charge in [0, 0.05) is 13.1 Å². The number of amides is 2. The van der Waals surface area contributed by atoms with Crippen LogP contribution in [0.2, 0.25) is 0 Å². The Morgan fingerprint density at radius 3 is 2.75 bits per heavy atom. The third-order valence-corrected chi connectivity index (χ3v) is 3.00. The third kappa shape index (κ3) is 3.97. The Morgan fingerprint density at radius 1 is 1.50 bits per heavy atom. The zero-order valence-corrected chi connectivity index (χ0v) is 11.6. The van der Waals surface area contributed by atoms with Gasteiger partial charge in [0.25, 0.3) is 0 Å². The van der Waals surface area contributed by atoms with Gasteiger partial charge in [0.2, 0.25) is 0 Å². The van der Waals surface area contributed by atoms with E-state index in [4.69, 9.17) is 9.84 Å². The zero-order valence-electron chi connectivity index (χ0n) is 11.6. The molecule has 1 saturated heterocycles. The number of hydrogen-bond donors (Lipinski definition) is 1. The van der Waals surface area contributed by atoms with E-state index in [0.717, 1.165) is 4.90 Å². The molecule has 0 aromatic heterocycles. The van der Waals surface area contributed by atoms with Crippen LogP contribution in [-0.2, 0) is 14.3 Å². The highest BCUT2D eigenvalue weighted by atomic mass is 16.5. The quantitative estimate of drug-likeness (QED) is 0.573. The fourth-order valence-electron chi connectivity index (χ4n) is 2.19. The third-order valence-electron chi connectivity index (χ3n) is 3.00. The number of aliphatic carboxylic acids is 1. The monoisotopic (exact) mass is 284 g/mol. The molecule has 1 unspecified atom stereocenters. The average Bonchev–Trinajstić information content (AvgIpc) is 2.86. The highest BCUT2D eigenvalue weighted by molar-refractivity contribution is 5.86. The number of carboxylic acids is 1. The van der Waals surface area contributed by atoms with Gasteiger partial charge in [-0.25, -0.2) is 9.59 Å². The Kier molecular flexibility index (Phi) is 6.02. The second kappa shape index (κ2) is 7.52. The smallest absolute Gasteiger partial charge is 0.328 e. The van der Waals surface area contributed by atoms with E-state index in [-0.39, 0.29) is 13.2 Å². The number of esters is 1. The first-order valence-corrected chi connectivity index (χ1v) is 6.56. The van der Waals surface area contributed by atoms with Crippen LogP contribution in [0, 0.1) is 0 Å². The fourth-order valence-corrected chi connectivity index (χ4v) is 2.19. The lowest BCUT2D eigenvalue weighted by molar-refractivity contribution is -0.147. The van der Waals surface area contributed by atoms with Gasteiger partial charge in [-0.05, 0) is 19.8 Å². The minimum atomic E-state index is -1.10. The van der Waals surface area contributed by atoms with Gasteiger partial charge in [0.05, 0.1) is 6.61 Å². The molecule has 0 saturated carbocycles. The van der Waals surface area contributed by atoms with E-state index in [1.54, 1.807) is 6.92 Å². The van der Waals surface area contributed by atoms with Crippen LogP contribution < -0.4 is 0 Å². The summed E-state index contributed by atoms with van der Waals surface area (Å²) in [7, 11) is 0. The normalized spacial score (nSPS) is 17.6. The molecule has 0 bridgehead atoms. The number of rotatable bonds is 6. The molecule has 1 N–H and O–H groups in total. The van der Waals surface area contributed by atoms with Crippen LogP contribution in [0.1, 0.15) is 19.8 Å². The van der Waals surface area contributed by atoms with Crippen LogP contribution in [0.25, 0.3) is 0 Å². The maximum absolute atomic E-state index is 12.3. The number of hydrogen-bond acceptors (Lipinski definition) is 4. The van der Waals surface area contributed by atoms with E-state index in [2.05, 4.69) is 6.58 Å². The average molecular weight is 284 g/mol. The van der Waals surface area contributed by atoms with Crippen molar-refractivity contribution >= 4 is 18.0 Å². The Balaban J connectivity index is 2.78. The second-order valence-corrected chi connectivity index (χ2v) is 4.45. The van der Waals surface area contributed by atoms with Gasteiger partial charge >= 0.3 is 18.0 Å².